The van der Waals surface area contributed by atoms with Crippen LogP contribution >= 0.6 is 22.9 Å². The summed E-state index contributed by atoms with van der Waals surface area (Å²) in [7, 11) is -3.68. The number of benzene rings is 2. The third kappa shape index (κ3) is 4.11. The number of amides is 1. The minimum Gasteiger partial charge on any atom is -0.335 e. The summed E-state index contributed by atoms with van der Waals surface area (Å²) in [6, 6.07) is 12.4. The van der Waals surface area contributed by atoms with Gasteiger partial charge in [-0.2, -0.15) is 4.31 Å². The minimum atomic E-state index is -3.68. The Morgan fingerprint density at radius 1 is 1.07 bits per heavy atom. The summed E-state index contributed by atoms with van der Waals surface area (Å²) in [6.07, 6.45) is 1.43. The molecule has 156 valence electrons. The molecule has 0 unspecified atom stereocenters. The molecule has 6 nitrogen and oxygen atoms in total. The van der Waals surface area contributed by atoms with E-state index in [1.807, 2.05) is 0 Å². The average Bonchev–Trinajstić information content (AvgIpc) is 3.23. The van der Waals surface area contributed by atoms with Crippen molar-refractivity contribution in [3.8, 4) is 10.6 Å². The predicted molar refractivity (Wildman–Crippen MR) is 114 cm³/mol. The second-order valence-electron chi connectivity index (χ2n) is 6.66. The Morgan fingerprint density at radius 3 is 2.50 bits per heavy atom. The van der Waals surface area contributed by atoms with E-state index >= 15 is 0 Å². The number of thiazole rings is 1. The molecule has 3 aromatic rings. The lowest BCUT2D eigenvalue weighted by molar-refractivity contribution is 0.0702. The number of piperazine rings is 1. The van der Waals surface area contributed by atoms with Crippen molar-refractivity contribution in [2.75, 3.05) is 26.2 Å². The van der Waals surface area contributed by atoms with Crippen LogP contribution in [0.2, 0.25) is 5.02 Å². The van der Waals surface area contributed by atoms with E-state index in [0.29, 0.717) is 20.5 Å². The van der Waals surface area contributed by atoms with Crippen LogP contribution in [0.25, 0.3) is 10.6 Å². The Labute approximate surface area is 182 Å². The van der Waals surface area contributed by atoms with Crippen molar-refractivity contribution in [3.05, 3.63) is 70.4 Å². The smallest absolute Gasteiger partial charge is 0.265 e. The van der Waals surface area contributed by atoms with Gasteiger partial charge < -0.3 is 4.90 Å². The first-order chi connectivity index (χ1) is 14.4. The Hall–Kier alpha value is -2.33. The van der Waals surface area contributed by atoms with Gasteiger partial charge in [0.25, 0.3) is 5.91 Å². The molecule has 1 fully saturated rings. The fraction of sp³-hybridized carbons (Fsp3) is 0.200. The lowest BCUT2D eigenvalue weighted by Gasteiger charge is -2.33. The van der Waals surface area contributed by atoms with E-state index < -0.39 is 15.8 Å². The summed E-state index contributed by atoms with van der Waals surface area (Å²) in [5, 5.41) is 0.777. The van der Waals surface area contributed by atoms with Gasteiger partial charge in [-0.1, -0.05) is 29.8 Å². The van der Waals surface area contributed by atoms with E-state index in [1.165, 1.54) is 28.7 Å². The van der Waals surface area contributed by atoms with Gasteiger partial charge in [0.1, 0.15) is 15.7 Å². The zero-order chi connectivity index (χ0) is 21.3. The second-order valence-corrected chi connectivity index (χ2v) is 10.1. The quantitative estimate of drug-likeness (QED) is 0.588. The molecule has 30 heavy (non-hydrogen) atoms. The molecule has 0 radical (unpaired) electrons. The highest BCUT2D eigenvalue weighted by molar-refractivity contribution is 7.89. The monoisotopic (exact) mass is 465 g/mol. The van der Waals surface area contributed by atoms with E-state index in [2.05, 4.69) is 4.98 Å². The first-order valence-corrected chi connectivity index (χ1v) is 11.8. The summed E-state index contributed by atoms with van der Waals surface area (Å²) in [4.78, 5) is 19.1. The fourth-order valence-electron chi connectivity index (χ4n) is 3.20. The first kappa shape index (κ1) is 20.9. The molecule has 10 heteroatoms. The van der Waals surface area contributed by atoms with Crippen LogP contribution < -0.4 is 0 Å². The molecule has 1 amide bonds. The predicted octanol–water partition coefficient (Wildman–Crippen LogP) is 3.75. The number of halogens is 2. The summed E-state index contributed by atoms with van der Waals surface area (Å²) in [6.45, 7) is 0.871. The van der Waals surface area contributed by atoms with Crippen molar-refractivity contribution < 1.29 is 17.6 Å². The van der Waals surface area contributed by atoms with E-state index in [4.69, 9.17) is 11.6 Å². The third-order valence-corrected chi connectivity index (χ3v) is 7.93. The van der Waals surface area contributed by atoms with Crippen molar-refractivity contribution in [2.45, 2.75) is 4.90 Å². The van der Waals surface area contributed by atoms with Gasteiger partial charge in [0.15, 0.2) is 0 Å². The number of carbonyl (C=O) groups excluding carboxylic acids is 1. The molecule has 2 aromatic carbocycles. The highest BCUT2D eigenvalue weighted by atomic mass is 35.5. The summed E-state index contributed by atoms with van der Waals surface area (Å²) in [5.74, 6) is -0.638. The lowest BCUT2D eigenvalue weighted by atomic mass is 10.2. The van der Waals surface area contributed by atoms with E-state index in [0.717, 1.165) is 11.3 Å². The maximum absolute atomic E-state index is 14.0. The zero-order valence-corrected chi connectivity index (χ0v) is 18.1. The van der Waals surface area contributed by atoms with Gasteiger partial charge in [0, 0.05) is 36.8 Å². The van der Waals surface area contributed by atoms with Crippen LogP contribution in [0.5, 0.6) is 0 Å². The number of carbonyl (C=O) groups is 1. The molecule has 0 aliphatic carbocycles. The highest BCUT2D eigenvalue weighted by Gasteiger charge is 2.31. The van der Waals surface area contributed by atoms with Crippen molar-refractivity contribution in [1.29, 1.82) is 0 Å². The van der Waals surface area contributed by atoms with Gasteiger partial charge in [-0.3, -0.25) is 4.79 Å². The van der Waals surface area contributed by atoms with Crippen LogP contribution in [-0.2, 0) is 10.0 Å². The van der Waals surface area contributed by atoms with Crippen LogP contribution in [0.15, 0.2) is 59.6 Å². The van der Waals surface area contributed by atoms with Gasteiger partial charge in [0.05, 0.1) is 11.1 Å². The number of sulfonamides is 1. The molecule has 0 N–H and O–H groups in total. The number of rotatable bonds is 4. The van der Waals surface area contributed by atoms with Crippen molar-refractivity contribution in [2.24, 2.45) is 0 Å². The van der Waals surface area contributed by atoms with Gasteiger partial charge >= 0.3 is 0 Å². The second kappa shape index (κ2) is 8.43. The first-order valence-electron chi connectivity index (χ1n) is 9.12. The van der Waals surface area contributed by atoms with Crippen LogP contribution in [0.4, 0.5) is 4.39 Å². The Balaban J connectivity index is 1.45. The van der Waals surface area contributed by atoms with Crippen molar-refractivity contribution >= 4 is 38.9 Å². The summed E-state index contributed by atoms with van der Waals surface area (Å²) in [5.41, 5.74) is 0.346. The molecule has 0 saturated carbocycles. The Kier molecular flexibility index (Phi) is 5.88. The average molecular weight is 466 g/mol. The number of hydrogen-bond acceptors (Lipinski definition) is 5. The van der Waals surface area contributed by atoms with Crippen LogP contribution in [-0.4, -0.2) is 54.7 Å². The van der Waals surface area contributed by atoms with Gasteiger partial charge in [0.2, 0.25) is 10.0 Å². The standard InChI is InChI=1S/C20H17ClFN3O3S2/c21-14-4-3-5-15(12-14)30(27,28)25-10-8-24(9-11-25)20(26)18-13-23-19(29-18)16-6-1-2-7-17(16)22/h1-7,12-13H,8-11H2. The lowest BCUT2D eigenvalue weighted by Crippen LogP contribution is -2.50. The van der Waals surface area contributed by atoms with Crippen LogP contribution in [0.3, 0.4) is 0 Å². The zero-order valence-electron chi connectivity index (χ0n) is 15.7. The van der Waals surface area contributed by atoms with Crippen LogP contribution in [0, 0.1) is 5.82 Å². The Morgan fingerprint density at radius 2 is 1.80 bits per heavy atom. The van der Waals surface area contributed by atoms with Gasteiger partial charge in [-0.15, -0.1) is 11.3 Å². The Bertz CT molecular complexity index is 1190. The molecule has 4 rings (SSSR count). The fourth-order valence-corrected chi connectivity index (χ4v) is 5.83. The third-order valence-electron chi connectivity index (χ3n) is 4.78. The maximum atomic E-state index is 14.0. The topological polar surface area (TPSA) is 70.6 Å². The molecule has 1 aliphatic rings. The molecule has 0 bridgehead atoms. The van der Waals surface area contributed by atoms with Gasteiger partial charge in [-0.05, 0) is 30.3 Å². The van der Waals surface area contributed by atoms with E-state index in [9.17, 15) is 17.6 Å². The largest absolute Gasteiger partial charge is 0.335 e. The molecule has 1 aromatic heterocycles. The van der Waals surface area contributed by atoms with Gasteiger partial charge in [-0.25, -0.2) is 17.8 Å². The molecule has 1 saturated heterocycles. The molecular weight excluding hydrogens is 449 g/mol. The molecule has 0 spiro atoms. The SMILES string of the molecule is O=C(c1cnc(-c2ccccc2F)s1)N1CCN(S(=O)(=O)c2cccc(Cl)c2)CC1. The number of nitrogens with zero attached hydrogens (tertiary/aromatic N) is 3. The normalized spacial score (nSPS) is 15.3. The molecule has 0 atom stereocenters. The number of hydrogen-bond donors (Lipinski definition) is 0. The molecule has 2 heterocycles. The molecular formula is C20H17ClFN3O3S2. The van der Waals surface area contributed by atoms with Crippen molar-refractivity contribution in [3.63, 3.8) is 0 Å². The number of aromatic nitrogens is 1. The van der Waals surface area contributed by atoms with E-state index in [1.54, 1.807) is 35.2 Å². The summed E-state index contributed by atoms with van der Waals surface area (Å²) < 4.78 is 40.9. The summed E-state index contributed by atoms with van der Waals surface area (Å²) >= 11 is 7.03. The molecule has 1 aliphatic heterocycles. The maximum Gasteiger partial charge on any atom is 0.265 e. The van der Waals surface area contributed by atoms with Crippen LogP contribution in [0.1, 0.15) is 9.67 Å². The highest BCUT2D eigenvalue weighted by Crippen LogP contribution is 2.28. The van der Waals surface area contributed by atoms with Crippen molar-refractivity contribution in [1.82, 2.24) is 14.2 Å². The minimum absolute atomic E-state index is 0.131. The van der Waals surface area contributed by atoms with E-state index in [-0.39, 0.29) is 37.0 Å².